The van der Waals surface area contributed by atoms with Gasteiger partial charge in [-0.3, -0.25) is 15.1 Å². The molecule has 1 aliphatic rings. The Balaban J connectivity index is 1.90. The first-order valence-corrected chi connectivity index (χ1v) is 10.2. The molecule has 0 radical (unpaired) electrons. The lowest BCUT2D eigenvalue weighted by atomic mass is 10.1. The van der Waals surface area contributed by atoms with Crippen molar-refractivity contribution in [2.24, 2.45) is 5.84 Å². The number of nitrogens with one attached hydrogen (secondary N) is 1. The van der Waals surface area contributed by atoms with Crippen molar-refractivity contribution in [2.45, 2.75) is 13.5 Å². The van der Waals surface area contributed by atoms with Crippen molar-refractivity contribution in [1.82, 2.24) is 15.2 Å². The van der Waals surface area contributed by atoms with Gasteiger partial charge in [0.15, 0.2) is 0 Å². The normalized spacial score (nSPS) is 14.4. The molecule has 0 aliphatic carbocycles. The molecule has 10 heteroatoms. The van der Waals surface area contributed by atoms with Gasteiger partial charge in [-0.1, -0.05) is 24.6 Å². The summed E-state index contributed by atoms with van der Waals surface area (Å²) in [5, 5.41) is -0.137. The van der Waals surface area contributed by atoms with E-state index in [1.54, 1.807) is 4.90 Å². The van der Waals surface area contributed by atoms with Gasteiger partial charge < -0.3 is 9.80 Å². The average Bonchev–Trinajstić information content (AvgIpc) is 2.79. The third-order valence-electron chi connectivity index (χ3n) is 5.31. The van der Waals surface area contributed by atoms with Gasteiger partial charge in [0, 0.05) is 43.0 Å². The Bertz CT molecular complexity index is 967. The van der Waals surface area contributed by atoms with Crippen molar-refractivity contribution >= 4 is 29.2 Å². The molecule has 0 atom stereocenters. The molecule has 3 rings (SSSR count). The second-order valence-corrected chi connectivity index (χ2v) is 7.58. The van der Waals surface area contributed by atoms with Crippen molar-refractivity contribution < 1.29 is 18.4 Å². The van der Waals surface area contributed by atoms with Crippen LogP contribution in [-0.2, 0) is 6.54 Å². The molecule has 0 saturated carbocycles. The summed E-state index contributed by atoms with van der Waals surface area (Å²) in [6.07, 6.45) is 0. The molecule has 2 aromatic rings. The minimum atomic E-state index is -0.664. The second kappa shape index (κ2) is 10.0. The lowest BCUT2D eigenvalue weighted by Gasteiger charge is -2.37. The molecule has 0 unspecified atom stereocenters. The van der Waals surface area contributed by atoms with Crippen LogP contribution in [0.25, 0.3) is 0 Å². The van der Waals surface area contributed by atoms with Gasteiger partial charge in [0.25, 0.3) is 5.91 Å². The fourth-order valence-corrected chi connectivity index (χ4v) is 3.59. The Morgan fingerprint density at radius 3 is 2.39 bits per heavy atom. The van der Waals surface area contributed by atoms with Gasteiger partial charge in [0.2, 0.25) is 0 Å². The van der Waals surface area contributed by atoms with Crippen molar-refractivity contribution in [2.75, 3.05) is 37.6 Å². The maximum absolute atomic E-state index is 14.7. The van der Waals surface area contributed by atoms with Gasteiger partial charge in [-0.2, -0.15) is 0 Å². The minimum absolute atomic E-state index is 0.0575. The van der Waals surface area contributed by atoms with E-state index in [0.717, 1.165) is 31.8 Å². The monoisotopic (exact) mass is 451 g/mol. The Morgan fingerprint density at radius 2 is 1.81 bits per heavy atom. The topological polar surface area (TPSA) is 81.9 Å². The number of carbonyl (C=O) groups excluding carboxylic acids is 2. The van der Waals surface area contributed by atoms with E-state index in [1.165, 1.54) is 29.2 Å². The predicted octanol–water partition coefficient (Wildman–Crippen LogP) is 2.99. The van der Waals surface area contributed by atoms with E-state index in [2.05, 4.69) is 11.8 Å². The van der Waals surface area contributed by atoms with Crippen molar-refractivity contribution in [3.05, 3.63) is 64.2 Å². The number of urea groups is 1. The molecule has 0 spiro atoms. The fraction of sp³-hybridized carbons (Fsp3) is 0.333. The van der Waals surface area contributed by atoms with Crippen LogP contribution in [0, 0.1) is 11.6 Å². The van der Waals surface area contributed by atoms with Crippen LogP contribution in [0.5, 0.6) is 0 Å². The zero-order chi connectivity index (χ0) is 22.5. The maximum atomic E-state index is 14.7. The number of likely N-dealkylation sites (N-methyl/N-ethyl adjacent to an activating group) is 1. The van der Waals surface area contributed by atoms with E-state index >= 15 is 0 Å². The average molecular weight is 452 g/mol. The first-order valence-electron chi connectivity index (χ1n) is 9.87. The molecule has 0 aromatic heterocycles. The molecule has 1 heterocycles. The summed E-state index contributed by atoms with van der Waals surface area (Å²) in [5.74, 6) is 3.19. The van der Waals surface area contributed by atoms with Crippen LogP contribution in [0.2, 0.25) is 5.02 Å². The third-order valence-corrected chi connectivity index (χ3v) is 5.60. The fourth-order valence-electron chi connectivity index (χ4n) is 3.42. The molecule has 3 N–H and O–H groups in total. The van der Waals surface area contributed by atoms with Crippen LogP contribution in [0.3, 0.4) is 0 Å². The number of hydrogen-bond donors (Lipinski definition) is 2. The van der Waals surface area contributed by atoms with Crippen molar-refractivity contribution in [1.29, 1.82) is 0 Å². The molecule has 1 fully saturated rings. The van der Waals surface area contributed by atoms with Gasteiger partial charge in [-0.05, 0) is 36.9 Å². The number of nitrogens with two attached hydrogens (primary N) is 1. The number of piperazine rings is 1. The molecular weight excluding hydrogens is 428 g/mol. The molecule has 3 amide bonds. The SMILES string of the molecule is CCN1CCN(C(=O)N(Cc2ccc(C(=O)NN)cc2F)c2ccc(F)c(Cl)c2)CC1. The molecule has 1 saturated heterocycles. The minimum Gasteiger partial charge on any atom is -0.322 e. The van der Waals surface area contributed by atoms with E-state index in [4.69, 9.17) is 17.4 Å². The maximum Gasteiger partial charge on any atom is 0.324 e. The number of nitrogen functional groups attached to an aromatic ring is 1. The number of hydrogen-bond acceptors (Lipinski definition) is 4. The van der Waals surface area contributed by atoms with Crippen LogP contribution >= 0.6 is 11.6 Å². The van der Waals surface area contributed by atoms with Crippen molar-refractivity contribution in [3.8, 4) is 0 Å². The number of amides is 3. The summed E-state index contributed by atoms with van der Waals surface area (Å²) in [6, 6.07) is 7.49. The molecule has 166 valence electrons. The van der Waals surface area contributed by atoms with E-state index in [-0.39, 0.29) is 28.7 Å². The van der Waals surface area contributed by atoms with E-state index in [9.17, 15) is 18.4 Å². The van der Waals surface area contributed by atoms with E-state index in [0.29, 0.717) is 18.8 Å². The Labute approximate surface area is 184 Å². The van der Waals surface area contributed by atoms with Gasteiger partial charge >= 0.3 is 6.03 Å². The molecule has 7 nitrogen and oxygen atoms in total. The van der Waals surface area contributed by atoms with Crippen molar-refractivity contribution in [3.63, 3.8) is 0 Å². The lowest BCUT2D eigenvalue weighted by Crippen LogP contribution is -2.52. The number of halogens is 3. The second-order valence-electron chi connectivity index (χ2n) is 7.17. The predicted molar refractivity (Wildman–Crippen MR) is 115 cm³/mol. The highest BCUT2D eigenvalue weighted by molar-refractivity contribution is 6.31. The molecule has 0 bridgehead atoms. The first-order chi connectivity index (χ1) is 14.8. The van der Waals surface area contributed by atoms with E-state index in [1.807, 2.05) is 5.43 Å². The molecule has 1 aliphatic heterocycles. The highest BCUT2D eigenvalue weighted by Gasteiger charge is 2.27. The Hall–Kier alpha value is -2.75. The van der Waals surface area contributed by atoms with Gasteiger partial charge in [-0.15, -0.1) is 0 Å². The summed E-state index contributed by atoms with van der Waals surface area (Å²) >= 11 is 5.93. The van der Waals surface area contributed by atoms with E-state index < -0.39 is 17.5 Å². The number of nitrogens with zero attached hydrogens (tertiary/aromatic N) is 3. The number of benzene rings is 2. The zero-order valence-corrected chi connectivity index (χ0v) is 17.8. The summed E-state index contributed by atoms with van der Waals surface area (Å²) in [7, 11) is 0. The Morgan fingerprint density at radius 1 is 1.10 bits per heavy atom. The summed E-state index contributed by atoms with van der Waals surface area (Å²) in [4.78, 5) is 30.2. The summed E-state index contributed by atoms with van der Waals surface area (Å²) < 4.78 is 28.4. The van der Waals surface area contributed by atoms with Gasteiger partial charge in [-0.25, -0.2) is 19.4 Å². The summed E-state index contributed by atoms with van der Waals surface area (Å²) in [6.45, 7) is 5.35. The van der Waals surface area contributed by atoms with Crippen LogP contribution in [-0.4, -0.2) is 54.5 Å². The third kappa shape index (κ3) is 5.30. The van der Waals surface area contributed by atoms with Gasteiger partial charge in [0.05, 0.1) is 11.6 Å². The standard InChI is InChI=1S/C21H24ClF2N5O2/c1-2-27-7-9-28(10-8-27)21(31)29(16-5-6-18(23)17(22)12-16)13-15-4-3-14(11-19(15)24)20(30)26-25/h3-6,11-12H,2,7-10,13,25H2,1H3,(H,26,30). The number of rotatable bonds is 5. The van der Waals surface area contributed by atoms with Crippen LogP contribution in [0.4, 0.5) is 19.3 Å². The lowest BCUT2D eigenvalue weighted by molar-refractivity contribution is 0.0953. The van der Waals surface area contributed by atoms with Crippen LogP contribution < -0.4 is 16.2 Å². The zero-order valence-electron chi connectivity index (χ0n) is 17.1. The van der Waals surface area contributed by atoms with Gasteiger partial charge in [0.1, 0.15) is 11.6 Å². The largest absolute Gasteiger partial charge is 0.324 e. The summed E-state index contributed by atoms with van der Waals surface area (Å²) in [5.41, 5.74) is 2.54. The van der Waals surface area contributed by atoms with Crippen LogP contribution in [0.1, 0.15) is 22.8 Å². The Kier molecular flexibility index (Phi) is 7.42. The highest BCUT2D eigenvalue weighted by Crippen LogP contribution is 2.26. The highest BCUT2D eigenvalue weighted by atomic mass is 35.5. The number of carbonyl (C=O) groups is 2. The first kappa shape index (κ1) is 22.9. The number of hydrazine groups is 1. The smallest absolute Gasteiger partial charge is 0.322 e. The quantitative estimate of drug-likeness (QED) is 0.416. The van der Waals surface area contributed by atoms with Crippen LogP contribution in [0.15, 0.2) is 36.4 Å². The molecular formula is C21H24ClF2N5O2. The number of anilines is 1. The molecule has 2 aromatic carbocycles. The molecule has 31 heavy (non-hydrogen) atoms.